The molecule has 6 nitrogen and oxygen atoms in total. The molecule has 1 unspecified atom stereocenters. The van der Waals surface area contributed by atoms with Crippen molar-refractivity contribution in [2.24, 2.45) is 16.6 Å². The zero-order valence-corrected chi connectivity index (χ0v) is 17.9. The largest absolute Gasteiger partial charge is 0.370 e. The van der Waals surface area contributed by atoms with Crippen LogP contribution in [0.15, 0.2) is 4.99 Å². The number of piperidine rings is 1. The Balaban J connectivity index is 0.00000529. The molecule has 1 fully saturated rings. The van der Waals surface area contributed by atoms with Crippen molar-refractivity contribution < 1.29 is 4.79 Å². The molecule has 1 atom stereocenters. The molecule has 3 N–H and O–H groups in total. The van der Waals surface area contributed by atoms with Crippen LogP contribution >= 0.6 is 24.0 Å². The van der Waals surface area contributed by atoms with Gasteiger partial charge in [0, 0.05) is 33.1 Å². The minimum Gasteiger partial charge on any atom is -0.370 e. The molecule has 0 aliphatic carbocycles. The Morgan fingerprint density at radius 3 is 2.62 bits per heavy atom. The lowest BCUT2D eigenvalue weighted by Gasteiger charge is -2.34. The number of likely N-dealkylation sites (tertiary alicyclic amines) is 1. The lowest BCUT2D eigenvalue weighted by atomic mass is 9.95. The topological polar surface area (TPSA) is 74.0 Å². The number of primary amides is 1. The van der Waals surface area contributed by atoms with Gasteiger partial charge in [0.15, 0.2) is 5.96 Å². The fraction of sp³-hybridized carbons (Fsp3) is 0.882. The maximum absolute atomic E-state index is 11.1. The van der Waals surface area contributed by atoms with Crippen molar-refractivity contribution in [1.29, 1.82) is 0 Å². The summed E-state index contributed by atoms with van der Waals surface area (Å²) in [4.78, 5) is 20.2. The average molecular weight is 453 g/mol. The zero-order chi connectivity index (χ0) is 17.1. The highest BCUT2D eigenvalue weighted by Crippen LogP contribution is 2.19. The highest BCUT2D eigenvalue weighted by Gasteiger charge is 2.23. The van der Waals surface area contributed by atoms with Gasteiger partial charge in [0.05, 0.1) is 0 Å². The molecule has 1 saturated heterocycles. The van der Waals surface area contributed by atoms with E-state index in [1.54, 1.807) is 0 Å². The van der Waals surface area contributed by atoms with E-state index in [0.717, 1.165) is 64.5 Å². The lowest BCUT2D eigenvalue weighted by molar-refractivity contribution is -0.119. The predicted octanol–water partition coefficient (Wildman–Crippen LogP) is 1.89. The van der Waals surface area contributed by atoms with Crippen LogP contribution < -0.4 is 11.1 Å². The van der Waals surface area contributed by atoms with Crippen molar-refractivity contribution in [2.45, 2.75) is 46.0 Å². The number of unbranched alkanes of at least 4 members (excludes halogenated alkanes) is 1. The first-order valence-corrected chi connectivity index (χ1v) is 9.06. The Kier molecular flexibility index (Phi) is 13.4. The lowest BCUT2D eigenvalue weighted by Crippen LogP contribution is -2.47. The monoisotopic (exact) mass is 453 g/mol. The third-order valence-electron chi connectivity index (χ3n) is 4.60. The second kappa shape index (κ2) is 13.7. The number of hydrogen-bond acceptors (Lipinski definition) is 3. The van der Waals surface area contributed by atoms with E-state index in [1.165, 1.54) is 6.42 Å². The van der Waals surface area contributed by atoms with Gasteiger partial charge in [0.25, 0.3) is 0 Å². The normalized spacial score (nSPS) is 18.4. The second-order valence-electron chi connectivity index (χ2n) is 6.33. The average Bonchev–Trinajstić information content (AvgIpc) is 2.54. The zero-order valence-electron chi connectivity index (χ0n) is 15.6. The van der Waals surface area contributed by atoms with Crippen molar-refractivity contribution in [1.82, 2.24) is 15.1 Å². The summed E-state index contributed by atoms with van der Waals surface area (Å²) in [6.45, 7) is 10.7. The number of amides is 1. The van der Waals surface area contributed by atoms with Gasteiger partial charge in [0.2, 0.25) is 5.91 Å². The van der Waals surface area contributed by atoms with E-state index < -0.39 is 0 Å². The summed E-state index contributed by atoms with van der Waals surface area (Å²) >= 11 is 0. The molecule has 7 heteroatoms. The molecule has 0 bridgehead atoms. The number of carbonyl (C=O) groups excluding carboxylic acids is 1. The van der Waals surface area contributed by atoms with E-state index in [-0.39, 0.29) is 29.9 Å². The van der Waals surface area contributed by atoms with Crippen LogP contribution in [0.4, 0.5) is 0 Å². The Morgan fingerprint density at radius 1 is 1.33 bits per heavy atom. The van der Waals surface area contributed by atoms with Crippen LogP contribution in [0.2, 0.25) is 0 Å². The summed E-state index contributed by atoms with van der Waals surface area (Å²) < 4.78 is 0. The summed E-state index contributed by atoms with van der Waals surface area (Å²) in [7, 11) is 1.83. The highest BCUT2D eigenvalue weighted by molar-refractivity contribution is 14.0. The number of rotatable bonds is 9. The predicted molar refractivity (Wildman–Crippen MR) is 112 cm³/mol. The Morgan fingerprint density at radius 2 is 2.04 bits per heavy atom. The number of aliphatic imine (C=N–C) groups is 1. The van der Waals surface area contributed by atoms with Gasteiger partial charge in [-0.2, -0.15) is 0 Å². The third kappa shape index (κ3) is 9.05. The number of carbonyl (C=O) groups is 1. The summed E-state index contributed by atoms with van der Waals surface area (Å²) in [5.41, 5.74) is 5.33. The minimum atomic E-state index is -0.198. The van der Waals surface area contributed by atoms with Gasteiger partial charge in [-0.1, -0.05) is 13.8 Å². The van der Waals surface area contributed by atoms with E-state index in [2.05, 4.69) is 34.0 Å². The van der Waals surface area contributed by atoms with Crippen LogP contribution in [0.5, 0.6) is 0 Å². The van der Waals surface area contributed by atoms with Crippen molar-refractivity contribution >= 4 is 35.8 Å². The quantitative estimate of drug-likeness (QED) is 0.242. The van der Waals surface area contributed by atoms with Gasteiger partial charge in [-0.05, 0) is 51.2 Å². The smallest absolute Gasteiger partial charge is 0.217 e. The van der Waals surface area contributed by atoms with E-state index >= 15 is 0 Å². The molecule has 0 saturated carbocycles. The molecule has 1 amide bonds. The number of guanidine groups is 1. The van der Waals surface area contributed by atoms with Crippen LogP contribution in [0, 0.1) is 5.92 Å². The van der Waals surface area contributed by atoms with Crippen LogP contribution in [-0.4, -0.2) is 68.0 Å². The molecule has 0 spiro atoms. The molecule has 0 radical (unpaired) electrons. The molecule has 1 rings (SSSR count). The summed E-state index contributed by atoms with van der Waals surface area (Å²) in [5, 5.41) is 3.46. The number of nitrogens with zero attached hydrogens (tertiary/aromatic N) is 3. The summed E-state index contributed by atoms with van der Waals surface area (Å²) in [6.07, 6.45) is 5.02. The molecule has 1 heterocycles. The van der Waals surface area contributed by atoms with Gasteiger partial charge < -0.3 is 20.9 Å². The molecule has 142 valence electrons. The molecule has 0 aromatic rings. The molecule has 0 aromatic carbocycles. The number of nitrogens with two attached hydrogens (primary N) is 1. The second-order valence-corrected chi connectivity index (χ2v) is 6.33. The van der Waals surface area contributed by atoms with Crippen molar-refractivity contribution in [2.75, 3.05) is 46.3 Å². The molecule has 0 aromatic heterocycles. The fourth-order valence-corrected chi connectivity index (χ4v) is 3.24. The fourth-order valence-electron chi connectivity index (χ4n) is 3.24. The van der Waals surface area contributed by atoms with Crippen LogP contribution in [0.25, 0.3) is 0 Å². The van der Waals surface area contributed by atoms with E-state index in [0.29, 0.717) is 12.3 Å². The van der Waals surface area contributed by atoms with Crippen molar-refractivity contribution in [3.05, 3.63) is 0 Å². The van der Waals surface area contributed by atoms with Crippen molar-refractivity contribution in [3.63, 3.8) is 0 Å². The standard InChI is InChI=1S/C17H35N5O.HI/c1-4-21(5-2)11-7-6-10-20-17(19-3)22-12-8-9-15(14-22)13-16(18)23;/h15H,4-14H2,1-3H3,(H2,18,23)(H,19,20);1H. The van der Waals surface area contributed by atoms with Crippen molar-refractivity contribution in [3.8, 4) is 0 Å². The van der Waals surface area contributed by atoms with E-state index in [1.807, 2.05) is 7.05 Å². The Labute approximate surface area is 164 Å². The van der Waals surface area contributed by atoms with Crippen LogP contribution in [-0.2, 0) is 4.79 Å². The molecular formula is C17H36IN5O. The van der Waals surface area contributed by atoms with Gasteiger partial charge in [0.1, 0.15) is 0 Å². The molecule has 1 aliphatic heterocycles. The summed E-state index contributed by atoms with van der Waals surface area (Å²) in [5.74, 6) is 1.13. The van der Waals surface area contributed by atoms with Gasteiger partial charge in [-0.25, -0.2) is 0 Å². The first-order valence-electron chi connectivity index (χ1n) is 9.06. The maximum Gasteiger partial charge on any atom is 0.217 e. The molecule has 1 aliphatic rings. The maximum atomic E-state index is 11.1. The molecule has 24 heavy (non-hydrogen) atoms. The van der Waals surface area contributed by atoms with E-state index in [4.69, 9.17) is 5.73 Å². The van der Waals surface area contributed by atoms with Gasteiger partial charge in [-0.3, -0.25) is 9.79 Å². The minimum absolute atomic E-state index is 0. The van der Waals surface area contributed by atoms with Crippen LogP contribution in [0.1, 0.15) is 46.0 Å². The number of nitrogens with one attached hydrogen (secondary N) is 1. The molecular weight excluding hydrogens is 417 g/mol. The Bertz CT molecular complexity index is 374. The number of hydrogen-bond donors (Lipinski definition) is 2. The number of halogens is 1. The SMILES string of the molecule is CCN(CC)CCCCNC(=NC)N1CCCC(CC(N)=O)C1.I. The van der Waals surface area contributed by atoms with E-state index in [9.17, 15) is 4.79 Å². The third-order valence-corrected chi connectivity index (χ3v) is 4.60. The van der Waals surface area contributed by atoms with Gasteiger partial charge >= 0.3 is 0 Å². The first kappa shape index (κ1) is 23.4. The Hall–Kier alpha value is -0.570. The van der Waals surface area contributed by atoms with Crippen LogP contribution in [0.3, 0.4) is 0 Å². The highest BCUT2D eigenvalue weighted by atomic mass is 127. The first-order chi connectivity index (χ1) is 11.1. The summed E-state index contributed by atoms with van der Waals surface area (Å²) in [6, 6.07) is 0. The van der Waals surface area contributed by atoms with Gasteiger partial charge in [-0.15, -0.1) is 24.0 Å².